The number of rotatable bonds is 5. The molecule has 1 amide bonds. The van der Waals surface area contributed by atoms with Crippen LogP contribution in [0.3, 0.4) is 0 Å². The molecule has 0 radical (unpaired) electrons. The Morgan fingerprint density at radius 3 is 2.64 bits per heavy atom. The lowest BCUT2D eigenvalue weighted by Gasteiger charge is -2.10. The molecule has 3 aromatic rings. The highest BCUT2D eigenvalue weighted by Crippen LogP contribution is 2.17. The van der Waals surface area contributed by atoms with Crippen molar-refractivity contribution < 1.29 is 9.53 Å². The van der Waals surface area contributed by atoms with Crippen LogP contribution in [0.5, 0.6) is 5.75 Å². The predicted molar refractivity (Wildman–Crippen MR) is 95.0 cm³/mol. The summed E-state index contributed by atoms with van der Waals surface area (Å²) in [6.45, 7) is 4.29. The van der Waals surface area contributed by atoms with Gasteiger partial charge in [-0.3, -0.25) is 4.79 Å². The first kappa shape index (κ1) is 16.7. The summed E-state index contributed by atoms with van der Waals surface area (Å²) in [5, 5.41) is 7.27. The number of carbonyl (C=O) groups excluding carboxylic acids is 1. The lowest BCUT2D eigenvalue weighted by Crippen LogP contribution is -2.23. The summed E-state index contributed by atoms with van der Waals surface area (Å²) in [6.07, 6.45) is 1.56. The van der Waals surface area contributed by atoms with Crippen molar-refractivity contribution in [2.75, 3.05) is 7.11 Å². The number of benzene rings is 1. The van der Waals surface area contributed by atoms with E-state index in [1.54, 1.807) is 30.1 Å². The van der Waals surface area contributed by atoms with Crippen LogP contribution in [0.4, 0.5) is 0 Å². The Kier molecular flexibility index (Phi) is 4.79. The second-order valence-corrected chi connectivity index (χ2v) is 5.74. The van der Waals surface area contributed by atoms with Gasteiger partial charge in [0, 0.05) is 24.0 Å². The lowest BCUT2D eigenvalue weighted by atomic mass is 10.2. The smallest absolute Gasteiger partial charge is 0.253 e. The SMILES string of the molecule is COc1ccccc1CNC(=O)c1ccc(-n2nc(C)cc2C)nc1. The molecular formula is C19H20N4O2. The van der Waals surface area contributed by atoms with Crippen molar-refractivity contribution in [2.24, 2.45) is 0 Å². The summed E-state index contributed by atoms with van der Waals surface area (Å²) in [5.41, 5.74) is 3.35. The fourth-order valence-corrected chi connectivity index (χ4v) is 2.63. The van der Waals surface area contributed by atoms with E-state index in [1.165, 1.54) is 0 Å². The summed E-state index contributed by atoms with van der Waals surface area (Å²) < 4.78 is 7.04. The number of ether oxygens (including phenoxy) is 1. The third kappa shape index (κ3) is 3.68. The zero-order valence-corrected chi connectivity index (χ0v) is 14.5. The molecule has 1 aromatic carbocycles. The third-order valence-corrected chi connectivity index (χ3v) is 3.87. The van der Waals surface area contributed by atoms with Crippen molar-refractivity contribution in [2.45, 2.75) is 20.4 Å². The molecule has 2 heterocycles. The molecule has 0 spiro atoms. The van der Waals surface area contributed by atoms with Crippen LogP contribution in [-0.2, 0) is 6.54 Å². The van der Waals surface area contributed by atoms with E-state index in [-0.39, 0.29) is 5.91 Å². The van der Waals surface area contributed by atoms with Gasteiger partial charge in [-0.25, -0.2) is 9.67 Å². The van der Waals surface area contributed by atoms with Gasteiger partial charge in [-0.15, -0.1) is 0 Å². The highest BCUT2D eigenvalue weighted by atomic mass is 16.5. The fourth-order valence-electron chi connectivity index (χ4n) is 2.63. The molecule has 0 fully saturated rings. The first-order valence-electron chi connectivity index (χ1n) is 7.98. The quantitative estimate of drug-likeness (QED) is 0.778. The highest BCUT2D eigenvalue weighted by Gasteiger charge is 2.10. The van der Waals surface area contributed by atoms with Crippen molar-refractivity contribution in [3.63, 3.8) is 0 Å². The van der Waals surface area contributed by atoms with Crippen molar-refractivity contribution in [3.05, 3.63) is 71.2 Å². The van der Waals surface area contributed by atoms with Crippen molar-refractivity contribution in [1.82, 2.24) is 20.1 Å². The second-order valence-electron chi connectivity index (χ2n) is 5.74. The molecule has 6 nitrogen and oxygen atoms in total. The van der Waals surface area contributed by atoms with E-state index in [2.05, 4.69) is 15.4 Å². The largest absolute Gasteiger partial charge is 0.496 e. The van der Waals surface area contributed by atoms with Crippen LogP contribution in [0.1, 0.15) is 27.3 Å². The molecule has 0 atom stereocenters. The molecule has 6 heteroatoms. The Morgan fingerprint density at radius 1 is 1.20 bits per heavy atom. The number of pyridine rings is 1. The maximum absolute atomic E-state index is 12.3. The summed E-state index contributed by atoms with van der Waals surface area (Å²) in [4.78, 5) is 16.7. The second kappa shape index (κ2) is 7.17. The zero-order chi connectivity index (χ0) is 17.8. The van der Waals surface area contributed by atoms with Gasteiger partial charge in [0.25, 0.3) is 5.91 Å². The normalized spacial score (nSPS) is 10.5. The zero-order valence-electron chi connectivity index (χ0n) is 14.5. The summed E-state index contributed by atoms with van der Waals surface area (Å²) >= 11 is 0. The van der Waals surface area contributed by atoms with Crippen LogP contribution in [-0.4, -0.2) is 27.8 Å². The molecule has 0 unspecified atom stereocenters. The molecule has 0 aliphatic heterocycles. The Bertz CT molecular complexity index is 885. The monoisotopic (exact) mass is 336 g/mol. The fraction of sp³-hybridized carbons (Fsp3) is 0.211. The average molecular weight is 336 g/mol. The Hall–Kier alpha value is -3.15. The van der Waals surface area contributed by atoms with Gasteiger partial charge in [0.1, 0.15) is 5.75 Å². The van der Waals surface area contributed by atoms with E-state index < -0.39 is 0 Å². The summed E-state index contributed by atoms with van der Waals surface area (Å²) in [7, 11) is 1.61. The number of nitrogens with one attached hydrogen (secondary N) is 1. The average Bonchev–Trinajstić information content (AvgIpc) is 2.98. The van der Waals surface area contributed by atoms with E-state index >= 15 is 0 Å². The molecule has 3 rings (SSSR count). The Labute approximate surface area is 146 Å². The van der Waals surface area contributed by atoms with E-state index in [9.17, 15) is 4.79 Å². The van der Waals surface area contributed by atoms with Crippen LogP contribution in [0.25, 0.3) is 5.82 Å². The number of aromatic nitrogens is 3. The number of para-hydroxylation sites is 1. The molecule has 0 saturated heterocycles. The lowest BCUT2D eigenvalue weighted by molar-refractivity contribution is 0.0950. The van der Waals surface area contributed by atoms with Crippen LogP contribution in [0, 0.1) is 13.8 Å². The van der Waals surface area contributed by atoms with Gasteiger partial charge in [-0.1, -0.05) is 18.2 Å². The number of carbonyl (C=O) groups is 1. The number of amides is 1. The van der Waals surface area contributed by atoms with E-state index in [4.69, 9.17) is 4.74 Å². The molecule has 0 saturated carbocycles. The van der Waals surface area contributed by atoms with Crippen LogP contribution >= 0.6 is 0 Å². The third-order valence-electron chi connectivity index (χ3n) is 3.87. The van der Waals surface area contributed by atoms with E-state index in [0.29, 0.717) is 17.9 Å². The number of hydrogen-bond acceptors (Lipinski definition) is 4. The molecule has 0 bridgehead atoms. The van der Waals surface area contributed by atoms with Gasteiger partial charge in [0.05, 0.1) is 18.4 Å². The Balaban J connectivity index is 1.70. The van der Waals surface area contributed by atoms with Crippen LogP contribution in [0.15, 0.2) is 48.7 Å². The molecule has 0 aliphatic carbocycles. The minimum Gasteiger partial charge on any atom is -0.496 e. The number of methoxy groups -OCH3 is 1. The minimum absolute atomic E-state index is 0.182. The van der Waals surface area contributed by atoms with Gasteiger partial charge < -0.3 is 10.1 Å². The number of aryl methyl sites for hydroxylation is 2. The van der Waals surface area contributed by atoms with Crippen LogP contribution < -0.4 is 10.1 Å². The molecule has 0 aliphatic rings. The highest BCUT2D eigenvalue weighted by molar-refractivity contribution is 5.93. The van der Waals surface area contributed by atoms with Gasteiger partial charge in [-0.05, 0) is 38.1 Å². The molecule has 25 heavy (non-hydrogen) atoms. The molecule has 2 aromatic heterocycles. The number of nitrogens with zero attached hydrogens (tertiary/aromatic N) is 3. The summed E-state index contributed by atoms with van der Waals surface area (Å²) in [5.74, 6) is 1.26. The van der Waals surface area contributed by atoms with Gasteiger partial charge in [0.2, 0.25) is 0 Å². The predicted octanol–water partition coefficient (Wildman–Crippen LogP) is 2.82. The van der Waals surface area contributed by atoms with Crippen molar-refractivity contribution >= 4 is 5.91 Å². The topological polar surface area (TPSA) is 69.0 Å². The van der Waals surface area contributed by atoms with E-state index in [0.717, 1.165) is 22.7 Å². The molecular weight excluding hydrogens is 316 g/mol. The van der Waals surface area contributed by atoms with Gasteiger partial charge >= 0.3 is 0 Å². The van der Waals surface area contributed by atoms with Crippen molar-refractivity contribution in [3.8, 4) is 11.6 Å². The standard InChI is InChI=1S/C19H20N4O2/c1-13-10-14(2)23(22-13)18-9-8-16(12-20-18)19(24)21-11-15-6-4-5-7-17(15)25-3/h4-10,12H,11H2,1-3H3,(H,21,24). The summed E-state index contributed by atoms with van der Waals surface area (Å²) in [6, 6.07) is 13.1. The number of hydrogen-bond donors (Lipinski definition) is 1. The molecule has 1 N–H and O–H groups in total. The van der Waals surface area contributed by atoms with Crippen molar-refractivity contribution in [1.29, 1.82) is 0 Å². The van der Waals surface area contributed by atoms with E-state index in [1.807, 2.05) is 44.2 Å². The maximum Gasteiger partial charge on any atom is 0.253 e. The first-order chi connectivity index (χ1) is 12.1. The maximum atomic E-state index is 12.3. The van der Waals surface area contributed by atoms with Gasteiger partial charge in [-0.2, -0.15) is 5.10 Å². The molecule has 128 valence electrons. The Morgan fingerprint density at radius 2 is 2.00 bits per heavy atom. The first-order valence-corrected chi connectivity index (χ1v) is 7.98. The van der Waals surface area contributed by atoms with Gasteiger partial charge in [0.15, 0.2) is 5.82 Å². The minimum atomic E-state index is -0.182. The van der Waals surface area contributed by atoms with Crippen LogP contribution in [0.2, 0.25) is 0 Å².